The van der Waals surface area contributed by atoms with E-state index < -0.39 is 0 Å². The lowest BCUT2D eigenvalue weighted by Crippen LogP contribution is -2.25. The molecule has 0 aliphatic heterocycles. The van der Waals surface area contributed by atoms with Gasteiger partial charge < -0.3 is 10.6 Å². The molecule has 0 atom stereocenters. The van der Waals surface area contributed by atoms with Crippen LogP contribution < -0.4 is 10.6 Å². The summed E-state index contributed by atoms with van der Waals surface area (Å²) in [5.41, 5.74) is 0.712. The molecule has 0 saturated carbocycles. The van der Waals surface area contributed by atoms with Gasteiger partial charge in [0.25, 0.3) is 5.91 Å². The maximum Gasteiger partial charge on any atom is 0.286 e. The minimum absolute atomic E-state index is 0.00105. The fourth-order valence-electron chi connectivity index (χ4n) is 1.96. The van der Waals surface area contributed by atoms with Crippen LogP contribution in [0.4, 0.5) is 5.69 Å². The number of para-hydroxylation sites is 1. The Morgan fingerprint density at radius 1 is 1.17 bits per heavy atom. The molecule has 0 spiro atoms. The van der Waals surface area contributed by atoms with Gasteiger partial charge in [0.2, 0.25) is 10.9 Å². The van der Waals surface area contributed by atoms with Gasteiger partial charge in [0.1, 0.15) is 5.01 Å². The predicted octanol–water partition coefficient (Wildman–Crippen LogP) is 2.89. The average Bonchev–Trinajstić information content (AvgIpc) is 3.03. The monoisotopic (exact) mass is 346 g/mol. The number of nitrogens with zero attached hydrogens (tertiary/aromatic N) is 2. The first-order chi connectivity index (χ1) is 11.5. The Balaban J connectivity index is 1.78. The topological polar surface area (TPSA) is 84.0 Å². The molecule has 1 heterocycles. The van der Waals surface area contributed by atoms with Crippen molar-refractivity contribution in [3.05, 3.63) is 40.3 Å². The van der Waals surface area contributed by atoms with Gasteiger partial charge in [0.05, 0.1) is 0 Å². The van der Waals surface area contributed by atoms with Crippen LogP contribution in [-0.2, 0) is 11.2 Å². The van der Waals surface area contributed by atoms with E-state index in [-0.39, 0.29) is 11.8 Å². The zero-order valence-electron chi connectivity index (χ0n) is 13.9. The van der Waals surface area contributed by atoms with Gasteiger partial charge in [-0.25, -0.2) is 0 Å². The van der Waals surface area contributed by atoms with E-state index in [0.29, 0.717) is 41.0 Å². The third-order valence-electron chi connectivity index (χ3n) is 3.30. The van der Waals surface area contributed by atoms with Crippen LogP contribution in [0.3, 0.4) is 0 Å². The van der Waals surface area contributed by atoms with E-state index in [1.807, 2.05) is 18.2 Å². The van der Waals surface area contributed by atoms with E-state index in [1.165, 1.54) is 11.3 Å². The molecule has 24 heavy (non-hydrogen) atoms. The van der Waals surface area contributed by atoms with Crippen LogP contribution in [0.1, 0.15) is 41.5 Å². The van der Waals surface area contributed by atoms with Gasteiger partial charge in [0, 0.05) is 25.1 Å². The predicted molar refractivity (Wildman–Crippen MR) is 95.1 cm³/mol. The summed E-state index contributed by atoms with van der Waals surface area (Å²) >= 11 is 1.22. The first-order valence-electron chi connectivity index (χ1n) is 8.00. The molecule has 0 fully saturated rings. The number of rotatable bonds is 8. The van der Waals surface area contributed by atoms with Gasteiger partial charge in [-0.2, -0.15) is 0 Å². The fourth-order valence-corrected chi connectivity index (χ4v) is 2.70. The summed E-state index contributed by atoms with van der Waals surface area (Å²) in [4.78, 5) is 23.8. The molecular weight excluding hydrogens is 324 g/mol. The Morgan fingerprint density at radius 2 is 1.92 bits per heavy atom. The lowest BCUT2D eigenvalue weighted by Gasteiger charge is -2.06. The van der Waals surface area contributed by atoms with Crippen molar-refractivity contribution in [1.29, 1.82) is 0 Å². The van der Waals surface area contributed by atoms with Crippen LogP contribution in [0.25, 0.3) is 0 Å². The Bertz CT molecular complexity index is 670. The summed E-state index contributed by atoms with van der Waals surface area (Å²) in [5, 5.41) is 14.5. The molecule has 0 unspecified atom stereocenters. The summed E-state index contributed by atoms with van der Waals surface area (Å²) in [6.07, 6.45) is 1.81. The second kappa shape index (κ2) is 9.12. The minimum atomic E-state index is -0.286. The molecule has 2 N–H and O–H groups in total. The number of amides is 2. The maximum absolute atomic E-state index is 12.1. The van der Waals surface area contributed by atoms with E-state index in [4.69, 9.17) is 0 Å². The molecule has 0 bridgehead atoms. The quantitative estimate of drug-likeness (QED) is 0.770. The van der Waals surface area contributed by atoms with E-state index in [0.717, 1.165) is 6.42 Å². The van der Waals surface area contributed by atoms with Crippen LogP contribution >= 0.6 is 11.3 Å². The molecule has 7 heteroatoms. The van der Waals surface area contributed by atoms with Crippen molar-refractivity contribution in [3.8, 4) is 0 Å². The van der Waals surface area contributed by atoms with Crippen LogP contribution in [0.15, 0.2) is 30.3 Å². The van der Waals surface area contributed by atoms with Crippen LogP contribution in [0.5, 0.6) is 0 Å². The first kappa shape index (κ1) is 18.1. The summed E-state index contributed by atoms with van der Waals surface area (Å²) in [7, 11) is 0. The molecule has 0 radical (unpaired) electrons. The fraction of sp³-hybridized carbons (Fsp3) is 0.412. The minimum Gasteiger partial charge on any atom is -0.356 e. The van der Waals surface area contributed by atoms with Gasteiger partial charge in [-0.3, -0.25) is 9.59 Å². The number of hydrogen-bond acceptors (Lipinski definition) is 5. The SMILES string of the molecule is CC(C)CCNC(=O)CCc1nnc(C(=O)Nc2ccccc2)s1. The third kappa shape index (κ3) is 6.08. The standard InChI is InChI=1S/C17H22N4O2S/c1-12(2)10-11-18-14(22)8-9-15-20-21-17(24-15)16(23)19-13-6-4-3-5-7-13/h3-7,12H,8-11H2,1-2H3,(H,18,22)(H,19,23). The number of nitrogens with one attached hydrogen (secondary N) is 2. The largest absolute Gasteiger partial charge is 0.356 e. The summed E-state index contributed by atoms with van der Waals surface area (Å²) in [6, 6.07) is 9.19. The highest BCUT2D eigenvalue weighted by Crippen LogP contribution is 2.14. The van der Waals surface area contributed by atoms with Crippen molar-refractivity contribution >= 4 is 28.8 Å². The van der Waals surface area contributed by atoms with Gasteiger partial charge in [-0.15, -0.1) is 10.2 Å². The molecule has 2 rings (SSSR count). The highest BCUT2D eigenvalue weighted by molar-refractivity contribution is 7.13. The number of carbonyl (C=O) groups is 2. The van der Waals surface area contributed by atoms with Crippen molar-refractivity contribution in [2.45, 2.75) is 33.1 Å². The highest BCUT2D eigenvalue weighted by Gasteiger charge is 2.13. The lowest BCUT2D eigenvalue weighted by molar-refractivity contribution is -0.121. The molecule has 0 saturated heterocycles. The maximum atomic E-state index is 12.1. The van der Waals surface area contributed by atoms with Gasteiger partial charge in [-0.1, -0.05) is 43.4 Å². The van der Waals surface area contributed by atoms with E-state index in [9.17, 15) is 9.59 Å². The Morgan fingerprint density at radius 3 is 2.62 bits per heavy atom. The van der Waals surface area contributed by atoms with Crippen molar-refractivity contribution in [2.24, 2.45) is 5.92 Å². The van der Waals surface area contributed by atoms with Crippen molar-refractivity contribution in [1.82, 2.24) is 15.5 Å². The average molecular weight is 346 g/mol. The molecule has 1 aromatic heterocycles. The summed E-state index contributed by atoms with van der Waals surface area (Å²) in [6.45, 7) is 4.93. The molecule has 2 amide bonds. The highest BCUT2D eigenvalue weighted by atomic mass is 32.1. The van der Waals surface area contributed by atoms with Crippen LogP contribution in [0.2, 0.25) is 0 Å². The molecule has 0 aliphatic rings. The molecular formula is C17H22N4O2S. The van der Waals surface area contributed by atoms with Crippen molar-refractivity contribution in [2.75, 3.05) is 11.9 Å². The Labute approximate surface area is 145 Å². The first-order valence-corrected chi connectivity index (χ1v) is 8.81. The normalized spacial score (nSPS) is 10.6. The molecule has 2 aromatic rings. The zero-order valence-corrected chi connectivity index (χ0v) is 14.7. The number of anilines is 1. The van der Waals surface area contributed by atoms with Gasteiger partial charge in [-0.05, 0) is 24.5 Å². The Hall–Kier alpha value is -2.28. The number of benzene rings is 1. The van der Waals surface area contributed by atoms with E-state index in [2.05, 4.69) is 34.7 Å². The second-order valence-electron chi connectivity index (χ2n) is 5.85. The zero-order chi connectivity index (χ0) is 17.4. The summed E-state index contributed by atoms with van der Waals surface area (Å²) in [5.74, 6) is 0.284. The lowest BCUT2D eigenvalue weighted by atomic mass is 10.1. The van der Waals surface area contributed by atoms with Gasteiger partial charge >= 0.3 is 0 Å². The number of hydrogen-bond donors (Lipinski definition) is 2. The van der Waals surface area contributed by atoms with E-state index >= 15 is 0 Å². The number of aryl methyl sites for hydroxylation is 1. The third-order valence-corrected chi connectivity index (χ3v) is 4.28. The molecule has 128 valence electrons. The Kier molecular flexibility index (Phi) is 6.87. The second-order valence-corrected chi connectivity index (χ2v) is 6.92. The van der Waals surface area contributed by atoms with E-state index in [1.54, 1.807) is 12.1 Å². The molecule has 1 aromatic carbocycles. The van der Waals surface area contributed by atoms with Crippen molar-refractivity contribution in [3.63, 3.8) is 0 Å². The molecule has 0 aliphatic carbocycles. The van der Waals surface area contributed by atoms with Crippen molar-refractivity contribution < 1.29 is 9.59 Å². The van der Waals surface area contributed by atoms with Crippen LogP contribution in [0, 0.1) is 5.92 Å². The number of aromatic nitrogens is 2. The molecule has 6 nitrogen and oxygen atoms in total. The van der Waals surface area contributed by atoms with Gasteiger partial charge in [0.15, 0.2) is 0 Å². The summed E-state index contributed by atoms with van der Waals surface area (Å²) < 4.78 is 0. The van der Waals surface area contributed by atoms with Crippen LogP contribution in [-0.4, -0.2) is 28.6 Å². The smallest absolute Gasteiger partial charge is 0.286 e. The number of carbonyl (C=O) groups excluding carboxylic acids is 2.